The van der Waals surface area contributed by atoms with E-state index in [9.17, 15) is 21.6 Å². The third-order valence-corrected chi connectivity index (χ3v) is 6.34. The van der Waals surface area contributed by atoms with Crippen molar-refractivity contribution in [2.75, 3.05) is 21.0 Å². The number of hydrogen-bond donors (Lipinski definition) is 3. The van der Waals surface area contributed by atoms with Crippen LogP contribution in [0, 0.1) is 0 Å². The van der Waals surface area contributed by atoms with Gasteiger partial charge in [-0.25, -0.2) is 16.8 Å². The molecule has 1 heterocycles. The fraction of sp³-hybridized carbons (Fsp3) is 0.133. The molecule has 0 saturated heterocycles. The van der Waals surface area contributed by atoms with E-state index in [1.54, 1.807) is 0 Å². The quantitative estimate of drug-likeness (QED) is 0.647. The molecule has 0 saturated carbocycles. The number of carbonyl (C=O) groups is 1. The Hall–Kier alpha value is -2.01. The second-order valence-electron chi connectivity index (χ2n) is 5.84. The Kier molecular flexibility index (Phi) is 5.02. The average Bonchev–Trinajstić information content (AvgIpc) is 2.86. The third kappa shape index (κ3) is 4.46. The SMILES string of the molecule is CS(=O)(=O)Nc1ccc(NS(=O)(=O)c2cc3c(cc2Cl)NC(=O)C3)cc1Cl. The molecule has 1 aliphatic rings. The molecule has 2 aromatic carbocycles. The van der Waals surface area contributed by atoms with Crippen LogP contribution in [0.1, 0.15) is 5.56 Å². The lowest BCUT2D eigenvalue weighted by Crippen LogP contribution is -2.14. The van der Waals surface area contributed by atoms with Gasteiger partial charge in [-0.05, 0) is 35.9 Å². The molecule has 0 spiro atoms. The van der Waals surface area contributed by atoms with Crippen molar-refractivity contribution in [2.45, 2.75) is 11.3 Å². The van der Waals surface area contributed by atoms with Gasteiger partial charge in [-0.3, -0.25) is 14.2 Å². The Morgan fingerprint density at radius 2 is 1.70 bits per heavy atom. The van der Waals surface area contributed by atoms with Crippen molar-refractivity contribution in [3.8, 4) is 0 Å². The summed E-state index contributed by atoms with van der Waals surface area (Å²) in [5.41, 5.74) is 1.23. The van der Waals surface area contributed by atoms with Crippen molar-refractivity contribution >= 4 is 66.2 Å². The van der Waals surface area contributed by atoms with Crippen LogP contribution < -0.4 is 14.8 Å². The van der Waals surface area contributed by atoms with Gasteiger partial charge >= 0.3 is 0 Å². The molecule has 3 rings (SSSR count). The van der Waals surface area contributed by atoms with Gasteiger partial charge in [0.25, 0.3) is 10.0 Å². The van der Waals surface area contributed by atoms with E-state index in [4.69, 9.17) is 23.2 Å². The van der Waals surface area contributed by atoms with Crippen molar-refractivity contribution in [3.63, 3.8) is 0 Å². The van der Waals surface area contributed by atoms with Crippen molar-refractivity contribution < 1.29 is 21.6 Å². The van der Waals surface area contributed by atoms with Gasteiger partial charge in [0.05, 0.1) is 34.1 Å². The van der Waals surface area contributed by atoms with Gasteiger partial charge in [0.1, 0.15) is 4.90 Å². The number of rotatable bonds is 5. The minimum atomic E-state index is -4.07. The van der Waals surface area contributed by atoms with Gasteiger partial charge < -0.3 is 5.32 Å². The summed E-state index contributed by atoms with van der Waals surface area (Å²) in [6, 6.07) is 6.65. The zero-order valence-electron chi connectivity index (χ0n) is 13.7. The van der Waals surface area contributed by atoms with Crippen LogP contribution in [0.5, 0.6) is 0 Å². The van der Waals surface area contributed by atoms with Crippen LogP contribution in [-0.4, -0.2) is 29.0 Å². The number of sulfonamides is 2. The molecule has 8 nitrogen and oxygen atoms in total. The predicted molar refractivity (Wildman–Crippen MR) is 105 cm³/mol. The lowest BCUT2D eigenvalue weighted by molar-refractivity contribution is -0.115. The summed E-state index contributed by atoms with van der Waals surface area (Å²) < 4.78 is 52.5. The van der Waals surface area contributed by atoms with Crippen molar-refractivity contribution in [2.24, 2.45) is 0 Å². The Morgan fingerprint density at radius 1 is 1.00 bits per heavy atom. The number of benzene rings is 2. The largest absolute Gasteiger partial charge is 0.325 e. The number of nitrogens with one attached hydrogen (secondary N) is 3. The summed E-state index contributed by atoms with van der Waals surface area (Å²) in [5.74, 6) is -0.246. The topological polar surface area (TPSA) is 121 Å². The molecule has 1 amide bonds. The van der Waals surface area contributed by atoms with E-state index < -0.39 is 20.0 Å². The zero-order valence-corrected chi connectivity index (χ0v) is 16.9. The fourth-order valence-corrected chi connectivity index (χ4v) is 4.99. The maximum absolute atomic E-state index is 12.7. The first-order valence-corrected chi connectivity index (χ1v) is 11.5. The van der Waals surface area contributed by atoms with Crippen LogP contribution in [0.3, 0.4) is 0 Å². The second-order valence-corrected chi connectivity index (χ2v) is 10.1. The smallest absolute Gasteiger partial charge is 0.263 e. The number of anilines is 3. The van der Waals surface area contributed by atoms with Gasteiger partial charge in [0, 0.05) is 5.69 Å². The number of halogens is 2. The molecule has 0 atom stereocenters. The fourth-order valence-electron chi connectivity index (χ4n) is 2.50. The summed E-state index contributed by atoms with van der Waals surface area (Å²) >= 11 is 12.1. The van der Waals surface area contributed by atoms with Gasteiger partial charge in [0.2, 0.25) is 15.9 Å². The van der Waals surface area contributed by atoms with Gasteiger partial charge in [-0.1, -0.05) is 23.2 Å². The summed E-state index contributed by atoms with van der Waals surface area (Å²) in [5, 5.41) is 2.55. The first-order chi connectivity index (χ1) is 12.4. The van der Waals surface area contributed by atoms with E-state index >= 15 is 0 Å². The Morgan fingerprint density at radius 3 is 2.33 bits per heavy atom. The molecule has 144 valence electrons. The highest BCUT2D eigenvalue weighted by Crippen LogP contribution is 2.34. The summed E-state index contributed by atoms with van der Waals surface area (Å²) in [7, 11) is -7.60. The van der Waals surface area contributed by atoms with E-state index in [2.05, 4.69) is 14.8 Å². The molecule has 1 aliphatic heterocycles. The predicted octanol–water partition coefficient (Wildman–Crippen LogP) is 2.66. The molecule has 12 heteroatoms. The van der Waals surface area contributed by atoms with Crippen LogP contribution in [0.2, 0.25) is 10.0 Å². The van der Waals surface area contributed by atoms with Gasteiger partial charge in [-0.15, -0.1) is 0 Å². The van der Waals surface area contributed by atoms with E-state index in [0.29, 0.717) is 11.3 Å². The van der Waals surface area contributed by atoms with E-state index in [-0.39, 0.29) is 38.6 Å². The summed E-state index contributed by atoms with van der Waals surface area (Å²) in [6.07, 6.45) is 1.03. The van der Waals surface area contributed by atoms with Crippen LogP contribution in [0.25, 0.3) is 0 Å². The molecule has 0 aliphatic carbocycles. The first kappa shape index (κ1) is 19.7. The van der Waals surface area contributed by atoms with Crippen molar-refractivity contribution in [1.82, 2.24) is 0 Å². The molecule has 0 unspecified atom stereocenters. The summed E-state index contributed by atoms with van der Waals surface area (Å²) in [4.78, 5) is 11.3. The van der Waals surface area contributed by atoms with Crippen LogP contribution in [-0.2, 0) is 31.3 Å². The molecular weight excluding hydrogens is 437 g/mol. The van der Waals surface area contributed by atoms with Crippen molar-refractivity contribution in [1.29, 1.82) is 0 Å². The van der Waals surface area contributed by atoms with E-state index in [0.717, 1.165) is 6.26 Å². The molecule has 2 aromatic rings. The number of carbonyl (C=O) groups excluding carboxylic acids is 1. The monoisotopic (exact) mass is 449 g/mol. The molecular formula is C15H13Cl2N3O5S2. The highest BCUT2D eigenvalue weighted by Gasteiger charge is 2.25. The molecule has 0 aromatic heterocycles. The number of hydrogen-bond acceptors (Lipinski definition) is 5. The lowest BCUT2D eigenvalue weighted by atomic mass is 10.2. The minimum Gasteiger partial charge on any atom is -0.325 e. The van der Waals surface area contributed by atoms with Crippen LogP contribution in [0.4, 0.5) is 17.1 Å². The van der Waals surface area contributed by atoms with E-state index in [1.807, 2.05) is 0 Å². The Labute approximate surface area is 166 Å². The zero-order chi connectivity index (χ0) is 20.0. The molecule has 27 heavy (non-hydrogen) atoms. The lowest BCUT2D eigenvalue weighted by Gasteiger charge is -2.13. The van der Waals surface area contributed by atoms with Gasteiger partial charge in [-0.2, -0.15) is 0 Å². The average molecular weight is 450 g/mol. The van der Waals surface area contributed by atoms with Crippen LogP contribution in [0.15, 0.2) is 35.2 Å². The number of fused-ring (bicyclic) bond motifs is 1. The Bertz CT molecular complexity index is 1160. The van der Waals surface area contributed by atoms with Crippen molar-refractivity contribution in [3.05, 3.63) is 45.9 Å². The first-order valence-electron chi connectivity index (χ1n) is 7.37. The highest BCUT2D eigenvalue weighted by atomic mass is 35.5. The van der Waals surface area contributed by atoms with E-state index in [1.165, 1.54) is 30.3 Å². The molecule has 0 bridgehead atoms. The van der Waals surface area contributed by atoms with Crippen LogP contribution >= 0.6 is 23.2 Å². The molecule has 0 radical (unpaired) electrons. The third-order valence-electron chi connectivity index (χ3n) is 3.59. The second kappa shape index (κ2) is 6.86. The van der Waals surface area contributed by atoms with Gasteiger partial charge in [0.15, 0.2) is 0 Å². The maximum atomic E-state index is 12.7. The molecule has 3 N–H and O–H groups in total. The standard InChI is InChI=1S/C15H13Cl2N3O5S2/c1-26(22,23)20-12-3-2-9(6-10(12)16)19-27(24,25)14-4-8-5-15(21)18-13(8)7-11(14)17/h2-4,6-7,19-20H,5H2,1H3,(H,18,21). The normalized spacial score (nSPS) is 13.8. The number of amides is 1. The Balaban J connectivity index is 1.91. The highest BCUT2D eigenvalue weighted by molar-refractivity contribution is 7.93. The maximum Gasteiger partial charge on any atom is 0.263 e. The summed E-state index contributed by atoms with van der Waals surface area (Å²) in [6.45, 7) is 0. The molecule has 0 fully saturated rings. The minimum absolute atomic E-state index is 0.00970.